The van der Waals surface area contributed by atoms with Crippen molar-refractivity contribution in [3.05, 3.63) is 29.8 Å². The van der Waals surface area contributed by atoms with Gasteiger partial charge in [-0.3, -0.25) is 0 Å². The Morgan fingerprint density at radius 2 is 2.05 bits per heavy atom. The van der Waals surface area contributed by atoms with Crippen molar-refractivity contribution in [1.29, 1.82) is 0 Å². The van der Waals surface area contributed by atoms with Crippen molar-refractivity contribution in [1.82, 2.24) is 0 Å². The van der Waals surface area contributed by atoms with Crippen LogP contribution in [0.25, 0.3) is 0 Å². The van der Waals surface area contributed by atoms with Crippen LogP contribution in [-0.4, -0.2) is 50.9 Å². The topological polar surface area (TPSA) is 57.2 Å². The minimum absolute atomic E-state index is 0.111. The molecule has 0 saturated heterocycles. The van der Waals surface area contributed by atoms with Gasteiger partial charge >= 0.3 is 0 Å². The molecular weight excluding hydrogens is 260 g/mol. The van der Waals surface area contributed by atoms with E-state index in [9.17, 15) is 5.11 Å². The molecule has 0 aromatic heterocycles. The maximum absolute atomic E-state index is 9.73. The predicted octanol–water partition coefficient (Wildman–Crippen LogP) is 1.38. The van der Waals surface area contributed by atoms with Crippen LogP contribution in [0.5, 0.6) is 5.75 Å². The zero-order valence-corrected chi connectivity index (χ0v) is 12.0. The van der Waals surface area contributed by atoms with E-state index in [0.717, 1.165) is 11.3 Å². The van der Waals surface area contributed by atoms with Gasteiger partial charge in [0.25, 0.3) is 0 Å². The molecule has 0 heterocycles. The molecular formula is C15H22O5. The average Bonchev–Trinajstić information content (AvgIpc) is 2.44. The van der Waals surface area contributed by atoms with Gasteiger partial charge in [-0.1, -0.05) is 12.1 Å². The maximum Gasteiger partial charge on any atom is 0.130 e. The molecule has 1 aliphatic rings. The van der Waals surface area contributed by atoms with Crippen LogP contribution in [-0.2, 0) is 20.8 Å². The number of hydrogen-bond donors (Lipinski definition) is 1. The Morgan fingerprint density at radius 3 is 2.75 bits per heavy atom. The molecule has 20 heavy (non-hydrogen) atoms. The molecule has 1 fully saturated rings. The van der Waals surface area contributed by atoms with Gasteiger partial charge in [0.2, 0.25) is 0 Å². The summed E-state index contributed by atoms with van der Waals surface area (Å²) in [4.78, 5) is 0. The van der Waals surface area contributed by atoms with E-state index < -0.39 is 6.10 Å². The van der Waals surface area contributed by atoms with Crippen molar-refractivity contribution in [2.24, 2.45) is 0 Å². The lowest BCUT2D eigenvalue weighted by Crippen LogP contribution is -2.55. The van der Waals surface area contributed by atoms with Gasteiger partial charge in [-0.25, -0.2) is 0 Å². The monoisotopic (exact) mass is 282 g/mol. The van der Waals surface area contributed by atoms with Crippen molar-refractivity contribution in [3.8, 4) is 5.75 Å². The zero-order chi connectivity index (χ0) is 14.4. The van der Waals surface area contributed by atoms with Gasteiger partial charge in [0, 0.05) is 20.6 Å². The Labute approximate surface area is 119 Å². The van der Waals surface area contributed by atoms with E-state index in [0.29, 0.717) is 26.2 Å². The summed E-state index contributed by atoms with van der Waals surface area (Å²) in [6.07, 6.45) is -0.263. The molecule has 0 spiro atoms. The summed E-state index contributed by atoms with van der Waals surface area (Å²) < 4.78 is 21.5. The molecule has 0 amide bonds. The molecule has 2 rings (SSSR count). The second-order valence-electron chi connectivity index (χ2n) is 4.87. The largest absolute Gasteiger partial charge is 0.488 e. The minimum Gasteiger partial charge on any atom is -0.488 e. The lowest BCUT2D eigenvalue weighted by Gasteiger charge is -2.40. The first-order valence-electron chi connectivity index (χ1n) is 6.77. The van der Waals surface area contributed by atoms with Gasteiger partial charge in [0.05, 0.1) is 25.9 Å². The third-order valence-electron chi connectivity index (χ3n) is 3.31. The van der Waals surface area contributed by atoms with E-state index in [1.807, 2.05) is 24.3 Å². The molecule has 0 aliphatic heterocycles. The predicted molar refractivity (Wildman–Crippen MR) is 73.8 cm³/mol. The van der Waals surface area contributed by atoms with Crippen LogP contribution in [0.2, 0.25) is 0 Å². The molecule has 3 atom stereocenters. The number of aliphatic hydroxyl groups excluding tert-OH is 1. The van der Waals surface area contributed by atoms with Crippen LogP contribution in [0.3, 0.4) is 0 Å². The van der Waals surface area contributed by atoms with Gasteiger partial charge in [-0.15, -0.1) is 0 Å². The zero-order valence-electron chi connectivity index (χ0n) is 12.0. The molecule has 5 nitrogen and oxygen atoms in total. The van der Waals surface area contributed by atoms with Crippen LogP contribution in [0.1, 0.15) is 12.0 Å². The highest BCUT2D eigenvalue weighted by atomic mass is 16.6. The highest BCUT2D eigenvalue weighted by Crippen LogP contribution is 2.29. The highest BCUT2D eigenvalue weighted by molar-refractivity contribution is 5.28. The van der Waals surface area contributed by atoms with Gasteiger partial charge in [0.1, 0.15) is 18.0 Å². The average molecular weight is 282 g/mol. The van der Waals surface area contributed by atoms with E-state index in [1.165, 1.54) is 0 Å². The van der Waals surface area contributed by atoms with E-state index in [2.05, 4.69) is 0 Å². The fourth-order valence-corrected chi connectivity index (χ4v) is 2.21. The lowest BCUT2D eigenvalue weighted by atomic mass is 9.88. The number of ether oxygens (including phenoxy) is 4. The Kier molecular flexibility index (Phi) is 5.79. The van der Waals surface area contributed by atoms with Crippen LogP contribution >= 0.6 is 0 Å². The third kappa shape index (κ3) is 3.93. The third-order valence-corrected chi connectivity index (χ3v) is 3.31. The smallest absolute Gasteiger partial charge is 0.130 e. The first-order valence-corrected chi connectivity index (χ1v) is 6.77. The second kappa shape index (κ2) is 7.59. The molecule has 1 aromatic rings. The van der Waals surface area contributed by atoms with Crippen molar-refractivity contribution in [2.45, 2.75) is 31.3 Å². The van der Waals surface area contributed by atoms with Crippen molar-refractivity contribution >= 4 is 0 Å². The van der Waals surface area contributed by atoms with Crippen molar-refractivity contribution < 1.29 is 24.1 Å². The van der Waals surface area contributed by atoms with E-state index in [4.69, 9.17) is 18.9 Å². The first kappa shape index (κ1) is 15.3. The summed E-state index contributed by atoms with van der Waals surface area (Å²) in [5, 5.41) is 9.73. The molecule has 1 N–H and O–H groups in total. The lowest BCUT2D eigenvalue weighted by molar-refractivity contribution is -0.167. The van der Waals surface area contributed by atoms with Crippen LogP contribution in [0.4, 0.5) is 0 Å². The van der Waals surface area contributed by atoms with Gasteiger partial charge in [-0.05, 0) is 17.7 Å². The fraction of sp³-hybridized carbons (Fsp3) is 0.600. The summed E-state index contributed by atoms with van der Waals surface area (Å²) in [5.41, 5.74) is 1.06. The number of rotatable bonds is 8. The van der Waals surface area contributed by atoms with Gasteiger partial charge in [-0.2, -0.15) is 0 Å². The summed E-state index contributed by atoms with van der Waals surface area (Å²) in [6, 6.07) is 7.76. The summed E-state index contributed by atoms with van der Waals surface area (Å²) in [6.45, 7) is 1.53. The molecule has 1 aliphatic carbocycles. The number of hydrogen-bond acceptors (Lipinski definition) is 5. The molecule has 5 heteroatoms. The highest BCUT2D eigenvalue weighted by Gasteiger charge is 2.42. The summed E-state index contributed by atoms with van der Waals surface area (Å²) in [7, 11) is 3.28. The first-order chi connectivity index (χ1) is 9.74. The normalized spacial score (nSPS) is 25.2. The van der Waals surface area contributed by atoms with E-state index in [-0.39, 0.29) is 12.2 Å². The second-order valence-corrected chi connectivity index (χ2v) is 4.87. The number of benzene rings is 1. The fourth-order valence-electron chi connectivity index (χ4n) is 2.21. The number of methoxy groups -OCH3 is 2. The van der Waals surface area contributed by atoms with Crippen LogP contribution < -0.4 is 4.74 Å². The van der Waals surface area contributed by atoms with Gasteiger partial charge in [0.15, 0.2) is 0 Å². The molecule has 1 aromatic carbocycles. The van der Waals surface area contributed by atoms with Crippen molar-refractivity contribution in [3.63, 3.8) is 0 Å². The number of aliphatic hydroxyl groups is 1. The van der Waals surface area contributed by atoms with Crippen molar-refractivity contribution in [2.75, 3.05) is 27.4 Å². The summed E-state index contributed by atoms with van der Waals surface area (Å²) in [5.74, 6) is 0.775. The quantitative estimate of drug-likeness (QED) is 0.730. The standard InChI is InChI=1S/C15H22O5/c1-17-6-7-19-15-13(16)9-14(15)20-12-5-3-4-11(8-12)10-18-2/h3-5,8,13-16H,6-7,9-10H2,1-2H3. The summed E-state index contributed by atoms with van der Waals surface area (Å²) >= 11 is 0. The van der Waals surface area contributed by atoms with Crippen LogP contribution in [0, 0.1) is 0 Å². The Morgan fingerprint density at radius 1 is 1.20 bits per heavy atom. The maximum atomic E-state index is 9.73. The Hall–Kier alpha value is -1.14. The Bertz CT molecular complexity index is 409. The molecule has 112 valence electrons. The molecule has 0 bridgehead atoms. The van der Waals surface area contributed by atoms with E-state index in [1.54, 1.807) is 14.2 Å². The minimum atomic E-state index is -0.459. The SMILES string of the molecule is COCCOC1C(O)CC1Oc1cccc(COC)c1. The molecule has 3 unspecified atom stereocenters. The molecule has 1 saturated carbocycles. The van der Waals surface area contributed by atoms with Gasteiger partial charge < -0.3 is 24.1 Å². The molecule has 0 radical (unpaired) electrons. The van der Waals surface area contributed by atoms with E-state index >= 15 is 0 Å². The van der Waals surface area contributed by atoms with Crippen LogP contribution in [0.15, 0.2) is 24.3 Å². The Balaban J connectivity index is 1.87.